The van der Waals surface area contributed by atoms with E-state index in [9.17, 15) is 14.4 Å². The minimum atomic E-state index is -0.887. The third-order valence-electron chi connectivity index (χ3n) is 2.35. The molecule has 1 rings (SSSR count). The number of thioether (sulfide) groups is 1. The first-order valence-electron chi connectivity index (χ1n) is 6.58. The Bertz CT molecular complexity index is 495. The van der Waals surface area contributed by atoms with Crippen molar-refractivity contribution in [3.8, 4) is 5.75 Å². The number of aliphatic carboxylic acids is 1. The topological polar surface area (TPSA) is 105 Å². The fourth-order valence-electron chi connectivity index (χ4n) is 1.38. The van der Waals surface area contributed by atoms with E-state index in [-0.39, 0.29) is 30.7 Å². The number of para-hydroxylation sites is 1. The molecule has 1 aromatic carbocycles. The van der Waals surface area contributed by atoms with Crippen molar-refractivity contribution in [1.82, 2.24) is 10.6 Å². The molecule has 0 unspecified atom stereocenters. The zero-order valence-electron chi connectivity index (χ0n) is 11.9. The lowest BCUT2D eigenvalue weighted by Gasteiger charge is -2.08. The Hall–Kier alpha value is -2.22. The van der Waals surface area contributed by atoms with Gasteiger partial charge in [-0.15, -0.1) is 11.8 Å². The van der Waals surface area contributed by atoms with Gasteiger partial charge in [0.2, 0.25) is 5.91 Å². The van der Waals surface area contributed by atoms with Crippen LogP contribution >= 0.6 is 11.8 Å². The lowest BCUT2D eigenvalue weighted by Crippen LogP contribution is -2.39. The van der Waals surface area contributed by atoms with E-state index in [1.807, 2.05) is 6.07 Å². The number of ether oxygens (including phenoxy) is 1. The highest BCUT2D eigenvalue weighted by Crippen LogP contribution is 2.07. The third-order valence-corrected chi connectivity index (χ3v) is 3.30. The molecule has 1 aromatic rings. The summed E-state index contributed by atoms with van der Waals surface area (Å²) in [5.41, 5.74) is 0. The monoisotopic (exact) mass is 326 g/mol. The molecule has 0 aliphatic heterocycles. The van der Waals surface area contributed by atoms with Crippen molar-refractivity contribution in [2.24, 2.45) is 0 Å². The predicted molar refractivity (Wildman–Crippen MR) is 82.9 cm³/mol. The van der Waals surface area contributed by atoms with Crippen LogP contribution in [0, 0.1) is 0 Å². The Morgan fingerprint density at radius 2 is 1.82 bits per heavy atom. The maximum Gasteiger partial charge on any atom is 0.313 e. The zero-order chi connectivity index (χ0) is 16.2. The summed E-state index contributed by atoms with van der Waals surface area (Å²) in [4.78, 5) is 33.2. The van der Waals surface area contributed by atoms with Gasteiger partial charge in [0.25, 0.3) is 5.91 Å². The van der Waals surface area contributed by atoms with Crippen molar-refractivity contribution in [3.63, 3.8) is 0 Å². The number of nitrogens with one attached hydrogen (secondary N) is 2. The van der Waals surface area contributed by atoms with E-state index < -0.39 is 5.97 Å². The van der Waals surface area contributed by atoms with Gasteiger partial charge >= 0.3 is 5.97 Å². The van der Waals surface area contributed by atoms with Crippen LogP contribution in [0.3, 0.4) is 0 Å². The second-order valence-electron chi connectivity index (χ2n) is 4.17. The summed E-state index contributed by atoms with van der Waals surface area (Å²) in [6.07, 6.45) is 0. The van der Waals surface area contributed by atoms with Crippen molar-refractivity contribution in [2.75, 3.05) is 31.2 Å². The van der Waals surface area contributed by atoms with Crippen molar-refractivity contribution in [3.05, 3.63) is 30.3 Å². The van der Waals surface area contributed by atoms with Gasteiger partial charge in [-0.05, 0) is 12.1 Å². The number of hydrogen-bond donors (Lipinski definition) is 3. The molecule has 8 heteroatoms. The van der Waals surface area contributed by atoms with E-state index in [0.717, 1.165) is 0 Å². The number of carboxylic acids is 1. The van der Waals surface area contributed by atoms with Gasteiger partial charge in [0.05, 0.1) is 12.3 Å². The summed E-state index contributed by atoms with van der Waals surface area (Å²) in [5.74, 6) is -0.519. The van der Waals surface area contributed by atoms with Crippen LogP contribution in [0.25, 0.3) is 0 Å². The number of carbonyl (C=O) groups excluding carboxylic acids is 2. The average Bonchev–Trinajstić information content (AvgIpc) is 2.51. The van der Waals surface area contributed by atoms with E-state index in [1.165, 1.54) is 11.8 Å². The van der Waals surface area contributed by atoms with Gasteiger partial charge in [-0.2, -0.15) is 0 Å². The SMILES string of the molecule is O=C(O)CSCCNC(=O)CNC(=O)COc1ccccc1. The van der Waals surface area contributed by atoms with Gasteiger partial charge < -0.3 is 20.5 Å². The van der Waals surface area contributed by atoms with E-state index in [2.05, 4.69) is 10.6 Å². The molecule has 0 atom stereocenters. The van der Waals surface area contributed by atoms with Crippen LogP contribution in [0.5, 0.6) is 5.75 Å². The average molecular weight is 326 g/mol. The summed E-state index contributed by atoms with van der Waals surface area (Å²) < 4.78 is 5.23. The molecular weight excluding hydrogens is 308 g/mol. The first-order chi connectivity index (χ1) is 10.6. The maximum atomic E-state index is 11.5. The normalized spacial score (nSPS) is 9.82. The highest BCUT2D eigenvalue weighted by atomic mass is 32.2. The predicted octanol–water partition coefficient (Wildman–Crippen LogP) is 0.116. The van der Waals surface area contributed by atoms with Gasteiger partial charge in [0.1, 0.15) is 5.75 Å². The maximum absolute atomic E-state index is 11.5. The number of benzene rings is 1. The van der Waals surface area contributed by atoms with Crippen molar-refractivity contribution >= 4 is 29.5 Å². The smallest absolute Gasteiger partial charge is 0.313 e. The molecular formula is C14H18N2O5S. The molecule has 0 aliphatic carbocycles. The molecule has 3 N–H and O–H groups in total. The molecule has 2 amide bonds. The van der Waals surface area contributed by atoms with Crippen molar-refractivity contribution < 1.29 is 24.2 Å². The van der Waals surface area contributed by atoms with Crippen molar-refractivity contribution in [1.29, 1.82) is 0 Å². The molecule has 0 bridgehead atoms. The molecule has 0 saturated carbocycles. The molecule has 22 heavy (non-hydrogen) atoms. The van der Waals surface area contributed by atoms with Gasteiger partial charge in [0.15, 0.2) is 6.61 Å². The largest absolute Gasteiger partial charge is 0.484 e. The first kappa shape index (κ1) is 17.8. The van der Waals surface area contributed by atoms with Crippen LogP contribution < -0.4 is 15.4 Å². The summed E-state index contributed by atoms with van der Waals surface area (Å²) in [6.45, 7) is 0.0551. The molecule has 0 aromatic heterocycles. The molecule has 7 nitrogen and oxygen atoms in total. The van der Waals surface area contributed by atoms with Crippen LogP contribution in [0.1, 0.15) is 0 Å². The summed E-state index contributed by atoms with van der Waals surface area (Å²) >= 11 is 1.21. The molecule has 0 radical (unpaired) electrons. The second kappa shape index (κ2) is 10.5. The molecule has 120 valence electrons. The highest BCUT2D eigenvalue weighted by Gasteiger charge is 2.06. The molecule has 0 heterocycles. The minimum absolute atomic E-state index is 0.00340. The van der Waals surface area contributed by atoms with Gasteiger partial charge in [0, 0.05) is 12.3 Å². The summed E-state index contributed by atoms with van der Waals surface area (Å²) in [6, 6.07) is 8.89. The van der Waals surface area contributed by atoms with Crippen LogP contribution in [-0.4, -0.2) is 54.1 Å². The number of carboxylic acid groups (broad SMARTS) is 1. The number of rotatable bonds is 10. The lowest BCUT2D eigenvalue weighted by atomic mass is 10.3. The van der Waals surface area contributed by atoms with E-state index in [4.69, 9.17) is 9.84 Å². The standard InChI is InChI=1S/C14H18N2O5S/c17-12(15-6-7-22-10-14(19)20)8-16-13(18)9-21-11-4-2-1-3-5-11/h1-5H,6-10H2,(H,15,17)(H,16,18)(H,19,20). The Balaban J connectivity index is 2.05. The van der Waals surface area contributed by atoms with E-state index in [0.29, 0.717) is 18.0 Å². The van der Waals surface area contributed by atoms with Crippen LogP contribution in [0.15, 0.2) is 30.3 Å². The molecule has 0 fully saturated rings. The Kier molecular flexibility index (Phi) is 8.51. The van der Waals surface area contributed by atoms with Gasteiger partial charge in [-0.1, -0.05) is 18.2 Å². The third kappa shape index (κ3) is 8.85. The minimum Gasteiger partial charge on any atom is -0.484 e. The summed E-state index contributed by atoms with van der Waals surface area (Å²) in [7, 11) is 0. The van der Waals surface area contributed by atoms with Crippen molar-refractivity contribution in [2.45, 2.75) is 0 Å². The van der Waals surface area contributed by atoms with E-state index >= 15 is 0 Å². The molecule has 0 saturated heterocycles. The van der Waals surface area contributed by atoms with Crippen LogP contribution in [0.2, 0.25) is 0 Å². The number of amides is 2. The Morgan fingerprint density at radius 1 is 1.09 bits per heavy atom. The molecule has 0 spiro atoms. The van der Waals surface area contributed by atoms with Crippen LogP contribution in [-0.2, 0) is 14.4 Å². The number of carbonyl (C=O) groups is 3. The zero-order valence-corrected chi connectivity index (χ0v) is 12.7. The fourth-order valence-corrected chi connectivity index (χ4v) is 1.95. The van der Waals surface area contributed by atoms with Gasteiger partial charge in [-0.25, -0.2) is 0 Å². The Labute approximate surface area is 132 Å². The van der Waals surface area contributed by atoms with E-state index in [1.54, 1.807) is 24.3 Å². The first-order valence-corrected chi connectivity index (χ1v) is 7.74. The Morgan fingerprint density at radius 3 is 2.50 bits per heavy atom. The fraction of sp³-hybridized carbons (Fsp3) is 0.357. The van der Waals surface area contributed by atoms with Gasteiger partial charge in [-0.3, -0.25) is 14.4 Å². The summed E-state index contributed by atoms with van der Waals surface area (Å²) in [5, 5.41) is 13.4. The quantitative estimate of drug-likeness (QED) is 0.527. The number of hydrogen-bond acceptors (Lipinski definition) is 5. The second-order valence-corrected chi connectivity index (χ2v) is 5.28. The molecule has 0 aliphatic rings. The lowest BCUT2D eigenvalue weighted by molar-refractivity contribution is -0.134. The van der Waals surface area contributed by atoms with Crippen LogP contribution in [0.4, 0.5) is 0 Å². The highest BCUT2D eigenvalue weighted by molar-refractivity contribution is 7.99.